The van der Waals surface area contributed by atoms with Crippen LogP contribution in [0.15, 0.2) is 60.0 Å². The van der Waals surface area contributed by atoms with E-state index >= 15 is 0 Å². The first-order chi connectivity index (χ1) is 19.1. The standard InChI is InChI=1S/C31H40N4O4S.ClH/c1-31(2,3)30(39)35-14-6-11-27(35)29(38)34-26(17-21-12-13-22-8-4-5-9-23(22)16-21)28(37)33-19-24(36)18-32-20-25-10-7-15-40-25;/h4-5,7-10,12-13,15-16,24,26-27,32,36H,6,11,14,17-20H2,1-3H3,(H,33,37)(H,34,38);1H/t24?,26-,27?;/m1./s1. The molecule has 2 unspecified atom stereocenters. The molecule has 0 radical (unpaired) electrons. The molecule has 3 atom stereocenters. The van der Waals surface area contributed by atoms with Gasteiger partial charge in [-0.15, -0.1) is 23.7 Å². The maximum atomic E-state index is 13.5. The lowest BCUT2D eigenvalue weighted by atomic mass is 9.94. The molecule has 3 aromatic rings. The maximum Gasteiger partial charge on any atom is 0.243 e. The largest absolute Gasteiger partial charge is 0.390 e. The number of amides is 3. The minimum absolute atomic E-state index is 0. The van der Waals surface area contributed by atoms with Crippen molar-refractivity contribution in [2.45, 2.75) is 64.8 Å². The number of carbonyl (C=O) groups excluding carboxylic acids is 3. The molecular formula is C31H41ClN4O4S. The van der Waals surface area contributed by atoms with Gasteiger partial charge in [-0.25, -0.2) is 0 Å². The summed E-state index contributed by atoms with van der Waals surface area (Å²) in [5, 5.41) is 23.5. The molecule has 0 bridgehead atoms. The van der Waals surface area contributed by atoms with Crippen LogP contribution < -0.4 is 16.0 Å². The Labute approximate surface area is 252 Å². The molecule has 4 rings (SSSR count). The van der Waals surface area contributed by atoms with E-state index in [1.54, 1.807) is 16.2 Å². The molecule has 8 nitrogen and oxygen atoms in total. The minimum Gasteiger partial charge on any atom is -0.390 e. The molecule has 1 aromatic heterocycles. The van der Waals surface area contributed by atoms with Crippen LogP contribution in [0.3, 0.4) is 0 Å². The first kappa shape index (κ1) is 32.5. The Balaban J connectivity index is 0.00000462. The number of halogens is 1. The van der Waals surface area contributed by atoms with Gasteiger partial charge in [0.1, 0.15) is 12.1 Å². The number of thiophene rings is 1. The summed E-state index contributed by atoms with van der Waals surface area (Å²) in [5.41, 5.74) is 0.310. The smallest absolute Gasteiger partial charge is 0.243 e. The lowest BCUT2D eigenvalue weighted by Crippen LogP contribution is -2.55. The van der Waals surface area contributed by atoms with Gasteiger partial charge in [-0.2, -0.15) is 0 Å². The predicted octanol–water partition coefficient (Wildman–Crippen LogP) is 3.65. The zero-order chi connectivity index (χ0) is 28.7. The van der Waals surface area contributed by atoms with Crippen LogP contribution in [0.2, 0.25) is 0 Å². The third-order valence-corrected chi connectivity index (χ3v) is 7.99. The van der Waals surface area contributed by atoms with Gasteiger partial charge >= 0.3 is 0 Å². The van der Waals surface area contributed by atoms with Gasteiger partial charge in [0, 0.05) is 42.9 Å². The number of nitrogens with one attached hydrogen (secondary N) is 3. The maximum absolute atomic E-state index is 13.5. The highest BCUT2D eigenvalue weighted by atomic mass is 35.5. The van der Waals surface area contributed by atoms with E-state index < -0.39 is 23.6 Å². The highest BCUT2D eigenvalue weighted by molar-refractivity contribution is 7.09. The first-order valence-corrected chi connectivity index (χ1v) is 14.8. The van der Waals surface area contributed by atoms with Crippen LogP contribution in [0, 0.1) is 5.41 Å². The fraction of sp³-hybridized carbons (Fsp3) is 0.452. The number of likely N-dealkylation sites (tertiary alicyclic amines) is 1. The second-order valence-corrected chi connectivity index (χ2v) is 12.5. The van der Waals surface area contributed by atoms with E-state index in [2.05, 4.69) is 16.0 Å². The fourth-order valence-electron chi connectivity index (χ4n) is 4.98. The Bertz CT molecular complexity index is 1310. The van der Waals surface area contributed by atoms with Crippen molar-refractivity contribution in [3.8, 4) is 0 Å². The third-order valence-electron chi connectivity index (χ3n) is 7.12. The molecule has 10 heteroatoms. The molecule has 0 spiro atoms. The van der Waals surface area contributed by atoms with Gasteiger partial charge in [0.05, 0.1) is 6.10 Å². The number of hydrogen-bond donors (Lipinski definition) is 4. The Morgan fingerprint density at radius 3 is 2.51 bits per heavy atom. The number of nitrogens with zero attached hydrogens (tertiary/aromatic N) is 1. The number of aliphatic hydroxyl groups is 1. The lowest BCUT2D eigenvalue weighted by molar-refractivity contribution is -0.145. The first-order valence-electron chi connectivity index (χ1n) is 13.9. The van der Waals surface area contributed by atoms with Gasteiger partial charge in [0.25, 0.3) is 0 Å². The van der Waals surface area contributed by atoms with Gasteiger partial charge < -0.3 is 26.0 Å². The zero-order valence-corrected chi connectivity index (χ0v) is 25.5. The van der Waals surface area contributed by atoms with Crippen LogP contribution in [0.5, 0.6) is 0 Å². The lowest BCUT2D eigenvalue weighted by Gasteiger charge is -2.31. The summed E-state index contributed by atoms with van der Waals surface area (Å²) in [4.78, 5) is 42.6. The molecule has 2 heterocycles. The molecule has 2 aromatic carbocycles. The van der Waals surface area contributed by atoms with Crippen molar-refractivity contribution in [2.75, 3.05) is 19.6 Å². The number of hydrogen-bond acceptors (Lipinski definition) is 6. The van der Waals surface area contributed by atoms with E-state index in [0.29, 0.717) is 26.1 Å². The van der Waals surface area contributed by atoms with Crippen molar-refractivity contribution >= 4 is 52.2 Å². The summed E-state index contributed by atoms with van der Waals surface area (Å²) >= 11 is 1.64. The van der Waals surface area contributed by atoms with Gasteiger partial charge in [-0.3, -0.25) is 14.4 Å². The molecule has 0 aliphatic carbocycles. The van der Waals surface area contributed by atoms with Crippen LogP contribution in [0.1, 0.15) is 44.1 Å². The summed E-state index contributed by atoms with van der Waals surface area (Å²) in [5.74, 6) is -0.765. The van der Waals surface area contributed by atoms with Gasteiger partial charge in [0.2, 0.25) is 17.7 Å². The predicted molar refractivity (Wildman–Crippen MR) is 166 cm³/mol. The highest BCUT2D eigenvalue weighted by Crippen LogP contribution is 2.26. The molecule has 3 amide bonds. The van der Waals surface area contributed by atoms with Crippen LogP contribution >= 0.6 is 23.7 Å². The van der Waals surface area contributed by atoms with Crippen molar-refractivity contribution < 1.29 is 19.5 Å². The highest BCUT2D eigenvalue weighted by Gasteiger charge is 2.39. The number of rotatable bonds is 11. The quantitative estimate of drug-likeness (QED) is 0.269. The topological polar surface area (TPSA) is 111 Å². The Hall–Kier alpha value is -2.98. The molecular weight excluding hydrogens is 560 g/mol. The van der Waals surface area contributed by atoms with Gasteiger partial charge in [-0.05, 0) is 40.6 Å². The van der Waals surface area contributed by atoms with E-state index in [9.17, 15) is 19.5 Å². The second-order valence-electron chi connectivity index (χ2n) is 11.5. The van der Waals surface area contributed by atoms with Crippen molar-refractivity contribution in [3.05, 3.63) is 70.4 Å². The number of aliphatic hydroxyl groups excluding tert-OH is 1. The van der Waals surface area contributed by atoms with Crippen molar-refractivity contribution in [1.82, 2.24) is 20.9 Å². The SMILES string of the molecule is CC(C)(C)C(=O)N1CCCC1C(=O)N[C@H](Cc1ccc2ccccc2c1)C(=O)NCC(O)CNCc1cccs1.Cl. The average Bonchev–Trinajstić information content (AvgIpc) is 3.63. The van der Waals surface area contributed by atoms with Gasteiger partial charge in [-0.1, -0.05) is 69.3 Å². The van der Waals surface area contributed by atoms with E-state index in [1.807, 2.05) is 80.7 Å². The van der Waals surface area contributed by atoms with E-state index in [1.165, 1.54) is 4.88 Å². The molecule has 1 fully saturated rings. The Morgan fingerprint density at radius 2 is 1.80 bits per heavy atom. The van der Waals surface area contributed by atoms with Crippen LogP contribution in [0.25, 0.3) is 10.8 Å². The molecule has 1 aliphatic rings. The monoisotopic (exact) mass is 600 g/mol. The average molecular weight is 601 g/mol. The third kappa shape index (κ3) is 9.00. The zero-order valence-electron chi connectivity index (χ0n) is 23.9. The number of carbonyl (C=O) groups is 3. The molecule has 222 valence electrons. The van der Waals surface area contributed by atoms with E-state index in [0.717, 1.165) is 22.8 Å². The summed E-state index contributed by atoms with van der Waals surface area (Å²) in [6.45, 7) is 7.09. The van der Waals surface area contributed by atoms with E-state index in [-0.39, 0.29) is 43.1 Å². The van der Waals surface area contributed by atoms with Crippen molar-refractivity contribution in [1.29, 1.82) is 0 Å². The molecule has 41 heavy (non-hydrogen) atoms. The second kappa shape index (κ2) is 14.8. The molecule has 1 saturated heterocycles. The Morgan fingerprint density at radius 1 is 1.05 bits per heavy atom. The molecule has 1 aliphatic heterocycles. The summed E-state index contributed by atoms with van der Waals surface area (Å²) < 4.78 is 0. The van der Waals surface area contributed by atoms with E-state index in [4.69, 9.17) is 0 Å². The number of fused-ring (bicyclic) bond motifs is 1. The molecule has 4 N–H and O–H groups in total. The summed E-state index contributed by atoms with van der Waals surface area (Å²) in [6.07, 6.45) is 0.809. The van der Waals surface area contributed by atoms with Crippen LogP contribution in [-0.4, -0.2) is 65.5 Å². The summed E-state index contributed by atoms with van der Waals surface area (Å²) in [7, 11) is 0. The number of benzene rings is 2. The Kier molecular flexibility index (Phi) is 11.7. The normalized spacial score (nSPS) is 16.6. The van der Waals surface area contributed by atoms with Crippen molar-refractivity contribution in [3.63, 3.8) is 0 Å². The fourth-order valence-corrected chi connectivity index (χ4v) is 5.66. The molecule has 0 saturated carbocycles. The summed E-state index contributed by atoms with van der Waals surface area (Å²) in [6, 6.07) is 16.5. The van der Waals surface area contributed by atoms with Crippen LogP contribution in [-0.2, 0) is 27.3 Å². The van der Waals surface area contributed by atoms with Gasteiger partial charge in [0.15, 0.2) is 0 Å². The van der Waals surface area contributed by atoms with Crippen molar-refractivity contribution in [2.24, 2.45) is 5.41 Å². The van der Waals surface area contributed by atoms with Crippen LogP contribution in [0.4, 0.5) is 0 Å². The minimum atomic E-state index is -0.855.